The summed E-state index contributed by atoms with van der Waals surface area (Å²) >= 11 is 11.1. The summed E-state index contributed by atoms with van der Waals surface area (Å²) in [7, 11) is 1.73. The average molecular weight is 460 g/mol. The molecule has 2 N–H and O–H groups in total. The molecule has 1 aromatic heterocycles. The van der Waals surface area contributed by atoms with Gasteiger partial charge in [-0.3, -0.25) is 4.79 Å². The highest BCUT2D eigenvalue weighted by Gasteiger charge is 2.36. The van der Waals surface area contributed by atoms with Gasteiger partial charge in [-0.05, 0) is 63.8 Å². The van der Waals surface area contributed by atoms with Crippen LogP contribution in [0.25, 0.3) is 0 Å². The lowest BCUT2D eigenvalue weighted by atomic mass is 9.90. The summed E-state index contributed by atoms with van der Waals surface area (Å²) in [5.41, 5.74) is 2.50. The summed E-state index contributed by atoms with van der Waals surface area (Å²) < 4.78 is 30.4. The minimum atomic E-state index is -1.26. The molecule has 29 heavy (non-hydrogen) atoms. The first-order valence-electron chi connectivity index (χ1n) is 9.32. The Balaban J connectivity index is 1.92. The Morgan fingerprint density at radius 1 is 1.34 bits per heavy atom. The monoisotopic (exact) mass is 459 g/mol. The molecule has 0 aliphatic heterocycles. The van der Waals surface area contributed by atoms with Crippen molar-refractivity contribution in [3.63, 3.8) is 0 Å². The van der Waals surface area contributed by atoms with Gasteiger partial charge in [0.2, 0.25) is 0 Å². The molecule has 1 aliphatic carbocycles. The van der Waals surface area contributed by atoms with Crippen molar-refractivity contribution in [3.8, 4) is 0 Å². The highest BCUT2D eigenvalue weighted by atomic mass is 35.5. The lowest BCUT2D eigenvalue weighted by Crippen LogP contribution is -2.42. The van der Waals surface area contributed by atoms with Crippen molar-refractivity contribution in [1.82, 2.24) is 9.29 Å². The van der Waals surface area contributed by atoms with Gasteiger partial charge in [0.15, 0.2) is 0 Å². The Kier molecular flexibility index (Phi) is 6.56. The second kappa shape index (κ2) is 8.47. The zero-order chi connectivity index (χ0) is 21.5. The minimum Gasteiger partial charge on any atom is -0.598 e. The molecule has 2 aromatic rings. The summed E-state index contributed by atoms with van der Waals surface area (Å²) in [5, 5.41) is 3.14. The van der Waals surface area contributed by atoms with E-state index in [-0.39, 0.29) is 17.0 Å². The highest BCUT2D eigenvalue weighted by molar-refractivity contribution is 7.90. The molecule has 0 spiro atoms. The van der Waals surface area contributed by atoms with Crippen LogP contribution in [-0.4, -0.2) is 19.8 Å². The number of aromatic nitrogens is 1. The first-order chi connectivity index (χ1) is 13.5. The third-order valence-corrected chi connectivity index (χ3v) is 7.29. The van der Waals surface area contributed by atoms with E-state index in [1.165, 1.54) is 18.2 Å². The number of carbonyl (C=O) groups is 1. The molecule has 2 atom stereocenters. The summed E-state index contributed by atoms with van der Waals surface area (Å²) in [4.78, 5) is 13.0. The normalized spacial score (nSPS) is 17.7. The van der Waals surface area contributed by atoms with E-state index >= 15 is 0 Å². The van der Waals surface area contributed by atoms with Crippen LogP contribution in [0, 0.1) is 5.82 Å². The maximum absolute atomic E-state index is 13.4. The number of rotatable bonds is 4. The highest BCUT2D eigenvalue weighted by Crippen LogP contribution is 2.40. The van der Waals surface area contributed by atoms with Crippen molar-refractivity contribution in [2.24, 2.45) is 7.05 Å². The Hall–Kier alpha value is -1.25. The third kappa shape index (κ3) is 4.59. The molecule has 0 bridgehead atoms. The minimum absolute atomic E-state index is 0.0660. The lowest BCUT2D eigenvalue weighted by molar-refractivity contribution is 0.101. The molecule has 1 amide bonds. The van der Waals surface area contributed by atoms with Gasteiger partial charge in [0.1, 0.15) is 21.4 Å². The van der Waals surface area contributed by atoms with Gasteiger partial charge in [-0.25, -0.2) is 4.39 Å². The predicted octanol–water partition coefficient (Wildman–Crippen LogP) is 5.15. The van der Waals surface area contributed by atoms with Gasteiger partial charge >= 0.3 is 0 Å². The zero-order valence-corrected chi connectivity index (χ0v) is 19.1. The predicted molar refractivity (Wildman–Crippen MR) is 116 cm³/mol. The van der Waals surface area contributed by atoms with Gasteiger partial charge in [0.25, 0.3) is 5.91 Å². The maximum Gasteiger partial charge on any atom is 0.272 e. The van der Waals surface area contributed by atoms with E-state index in [1.807, 2.05) is 20.8 Å². The Morgan fingerprint density at radius 2 is 2.03 bits per heavy atom. The Morgan fingerprint density at radius 3 is 2.66 bits per heavy atom. The molecule has 1 aromatic carbocycles. The van der Waals surface area contributed by atoms with Crippen LogP contribution in [0.15, 0.2) is 18.2 Å². The fourth-order valence-corrected chi connectivity index (χ4v) is 4.80. The number of carbonyl (C=O) groups excluding carboxylic acids is 1. The molecule has 0 saturated carbocycles. The third-order valence-electron chi connectivity index (χ3n) is 4.93. The van der Waals surface area contributed by atoms with Crippen molar-refractivity contribution in [3.05, 3.63) is 51.0 Å². The molecular formula is C20H24Cl2FN3O2S. The van der Waals surface area contributed by atoms with Crippen molar-refractivity contribution in [2.45, 2.75) is 50.8 Å². The zero-order valence-electron chi connectivity index (χ0n) is 16.7. The van der Waals surface area contributed by atoms with E-state index < -0.39 is 21.9 Å². The van der Waals surface area contributed by atoms with Crippen LogP contribution in [0.3, 0.4) is 0 Å². The van der Waals surface area contributed by atoms with Crippen LogP contribution in [0.4, 0.5) is 10.1 Å². The number of nitrogens with one attached hydrogen (secondary N) is 2. The fraction of sp³-hybridized carbons (Fsp3) is 0.450. The molecule has 0 radical (unpaired) electrons. The van der Waals surface area contributed by atoms with E-state index in [9.17, 15) is 13.7 Å². The summed E-state index contributed by atoms with van der Waals surface area (Å²) in [6.45, 7) is 5.71. The van der Waals surface area contributed by atoms with E-state index in [4.69, 9.17) is 23.2 Å². The van der Waals surface area contributed by atoms with E-state index in [2.05, 4.69) is 10.0 Å². The number of hydrogen-bond acceptors (Lipinski definition) is 3. The van der Waals surface area contributed by atoms with Crippen LogP contribution in [-0.2, 0) is 24.8 Å². The first-order valence-corrected chi connectivity index (χ1v) is 11.2. The summed E-state index contributed by atoms with van der Waals surface area (Å²) in [5.74, 6) is -0.902. The molecule has 158 valence electrons. The van der Waals surface area contributed by atoms with Gasteiger partial charge in [-0.2, -0.15) is 0 Å². The maximum atomic E-state index is 13.4. The number of nitrogens with zero attached hydrogens (tertiary/aromatic N) is 1. The number of amides is 1. The molecule has 3 rings (SSSR count). The Bertz CT molecular complexity index is 943. The van der Waals surface area contributed by atoms with Gasteiger partial charge < -0.3 is 14.4 Å². The topological polar surface area (TPSA) is 69.1 Å². The quantitative estimate of drug-likeness (QED) is 0.620. The van der Waals surface area contributed by atoms with E-state index in [0.29, 0.717) is 23.0 Å². The Labute approximate surface area is 183 Å². The number of halogens is 3. The number of benzene rings is 1. The molecule has 0 fully saturated rings. The van der Waals surface area contributed by atoms with Crippen LogP contribution in [0.5, 0.6) is 0 Å². The molecule has 0 unspecified atom stereocenters. The van der Waals surface area contributed by atoms with Crippen LogP contribution >= 0.6 is 23.2 Å². The molecular weight excluding hydrogens is 436 g/mol. The van der Waals surface area contributed by atoms with E-state index in [0.717, 1.165) is 24.0 Å². The SMILES string of the molecule is Cn1c(Cl)c2c(c1C(=O)Nc1ccc(F)c(Cl)c1)CCC[C@H]2N[S@+]([O-])C(C)(C)C. The van der Waals surface area contributed by atoms with Gasteiger partial charge in [-0.15, -0.1) is 4.72 Å². The summed E-state index contributed by atoms with van der Waals surface area (Å²) in [6, 6.07) is 3.82. The fourth-order valence-electron chi connectivity index (χ4n) is 3.45. The van der Waals surface area contributed by atoms with Gasteiger partial charge in [0.05, 0.1) is 11.1 Å². The largest absolute Gasteiger partial charge is 0.598 e. The smallest absolute Gasteiger partial charge is 0.272 e. The standard InChI is InChI=1S/C20H24Cl2FN3O2S/c1-20(2,3)29(28)25-15-7-5-6-12-16(15)18(22)26(4)17(12)19(27)24-11-8-9-14(23)13(21)10-11/h8-10,15,25H,5-7H2,1-4H3,(H,24,27)/t15-,29-/m1/s1. The van der Waals surface area contributed by atoms with Crippen molar-refractivity contribution in [1.29, 1.82) is 0 Å². The second-order valence-corrected chi connectivity index (χ2v) is 10.9. The number of fused-ring (bicyclic) bond motifs is 1. The first kappa shape index (κ1) is 22.4. The van der Waals surface area contributed by atoms with Crippen molar-refractivity contribution >= 4 is 46.2 Å². The average Bonchev–Trinajstić information content (AvgIpc) is 2.89. The number of anilines is 1. The second-order valence-electron chi connectivity index (χ2n) is 8.12. The molecule has 1 heterocycles. The summed E-state index contributed by atoms with van der Waals surface area (Å²) in [6.07, 6.45) is 2.32. The number of hydrogen-bond donors (Lipinski definition) is 2. The van der Waals surface area contributed by atoms with Crippen LogP contribution in [0.1, 0.15) is 61.3 Å². The van der Waals surface area contributed by atoms with Crippen molar-refractivity contribution in [2.75, 3.05) is 5.32 Å². The van der Waals surface area contributed by atoms with Crippen molar-refractivity contribution < 1.29 is 13.7 Å². The van der Waals surface area contributed by atoms with Crippen LogP contribution < -0.4 is 10.0 Å². The van der Waals surface area contributed by atoms with E-state index in [1.54, 1.807) is 11.6 Å². The lowest BCUT2D eigenvalue weighted by Gasteiger charge is -2.30. The van der Waals surface area contributed by atoms with Gasteiger partial charge in [0, 0.05) is 29.7 Å². The molecule has 5 nitrogen and oxygen atoms in total. The molecule has 9 heteroatoms. The van der Waals surface area contributed by atoms with Crippen LogP contribution in [0.2, 0.25) is 10.2 Å². The van der Waals surface area contributed by atoms with Gasteiger partial charge in [-0.1, -0.05) is 23.2 Å². The molecule has 0 saturated heterocycles. The molecule has 1 aliphatic rings.